The van der Waals surface area contributed by atoms with Crippen LogP contribution in [-0.4, -0.2) is 27.3 Å². The molecule has 78 valence electrons. The lowest BCUT2D eigenvalue weighted by atomic mass is 10.3. The van der Waals surface area contributed by atoms with Crippen molar-refractivity contribution in [2.75, 3.05) is 7.05 Å². The fourth-order valence-corrected chi connectivity index (χ4v) is 1.52. The molecule has 0 spiro atoms. The normalized spacial score (nSPS) is 18.4. The lowest BCUT2D eigenvalue weighted by Crippen LogP contribution is -2.18. The molecule has 0 amide bonds. The first-order valence-electron chi connectivity index (χ1n) is 5.24. The number of hydrogen-bond donors (Lipinski definition) is 1. The molecule has 5 nitrogen and oxygen atoms in total. The number of tetrazole rings is 1. The summed E-state index contributed by atoms with van der Waals surface area (Å²) in [4.78, 5) is 0. The predicted octanol–water partition coefficient (Wildman–Crippen LogP) is 0.754. The average Bonchev–Trinajstić information content (AvgIpc) is 2.92. The highest BCUT2D eigenvalue weighted by Crippen LogP contribution is 2.32. The number of hydrogen-bond acceptors (Lipinski definition) is 4. The molecular weight excluding hydrogens is 178 g/mol. The Labute approximate surface area is 83.9 Å². The monoisotopic (exact) mass is 195 g/mol. The molecule has 1 aromatic heterocycles. The summed E-state index contributed by atoms with van der Waals surface area (Å²) in [5.74, 6) is 1.87. The zero-order valence-electron chi connectivity index (χ0n) is 8.77. The zero-order chi connectivity index (χ0) is 9.97. The Morgan fingerprint density at radius 3 is 3.00 bits per heavy atom. The van der Waals surface area contributed by atoms with Crippen molar-refractivity contribution in [3.63, 3.8) is 0 Å². The second-order valence-electron chi connectivity index (χ2n) is 4.00. The first-order chi connectivity index (χ1) is 6.81. The summed E-state index contributed by atoms with van der Waals surface area (Å²) < 4.78 is 1.92. The molecule has 1 heterocycles. The van der Waals surface area contributed by atoms with Crippen molar-refractivity contribution in [1.82, 2.24) is 25.5 Å². The molecule has 0 aromatic carbocycles. The third-order valence-electron chi connectivity index (χ3n) is 2.83. The predicted molar refractivity (Wildman–Crippen MR) is 52.6 cm³/mol. The van der Waals surface area contributed by atoms with Crippen LogP contribution in [0.2, 0.25) is 0 Å². The third-order valence-corrected chi connectivity index (χ3v) is 2.83. The Morgan fingerprint density at radius 1 is 1.57 bits per heavy atom. The van der Waals surface area contributed by atoms with Crippen molar-refractivity contribution in [3.05, 3.63) is 5.82 Å². The molecule has 1 atom stereocenters. The quantitative estimate of drug-likeness (QED) is 0.753. The maximum atomic E-state index is 4.02. The molecule has 1 aromatic rings. The van der Waals surface area contributed by atoms with Crippen molar-refractivity contribution in [1.29, 1.82) is 0 Å². The summed E-state index contributed by atoms with van der Waals surface area (Å²) in [7, 11) is 1.92. The van der Waals surface area contributed by atoms with Crippen LogP contribution in [0.3, 0.4) is 0 Å². The first kappa shape index (κ1) is 9.58. The Hall–Kier alpha value is -0.970. The van der Waals surface area contributed by atoms with Gasteiger partial charge in [-0.05, 0) is 36.7 Å². The number of aryl methyl sites for hydroxylation is 1. The molecular formula is C9H17N5. The summed E-state index contributed by atoms with van der Waals surface area (Å²) in [5, 5.41) is 14.9. The molecule has 5 heteroatoms. The van der Waals surface area contributed by atoms with Gasteiger partial charge in [-0.25, -0.2) is 4.68 Å². The van der Waals surface area contributed by atoms with E-state index in [1.54, 1.807) is 0 Å². The van der Waals surface area contributed by atoms with Gasteiger partial charge in [0.1, 0.15) is 0 Å². The standard InChI is InChI=1S/C9H17N5/c1-7(10-2)9-11-12-13-14(9)6-5-8-3-4-8/h7-8,10H,3-6H2,1-2H3. The van der Waals surface area contributed by atoms with Gasteiger partial charge in [0.2, 0.25) is 0 Å². The van der Waals surface area contributed by atoms with E-state index in [-0.39, 0.29) is 6.04 Å². The van der Waals surface area contributed by atoms with Crippen LogP contribution in [0.1, 0.15) is 38.1 Å². The Morgan fingerprint density at radius 2 is 2.36 bits per heavy atom. The van der Waals surface area contributed by atoms with Gasteiger partial charge in [-0.1, -0.05) is 12.8 Å². The van der Waals surface area contributed by atoms with E-state index in [4.69, 9.17) is 0 Å². The van der Waals surface area contributed by atoms with Gasteiger partial charge in [0.15, 0.2) is 5.82 Å². The van der Waals surface area contributed by atoms with Gasteiger partial charge >= 0.3 is 0 Å². The van der Waals surface area contributed by atoms with Crippen LogP contribution < -0.4 is 5.32 Å². The van der Waals surface area contributed by atoms with Gasteiger partial charge in [0.25, 0.3) is 0 Å². The molecule has 2 rings (SSSR count). The molecule has 0 radical (unpaired) electrons. The van der Waals surface area contributed by atoms with E-state index in [1.165, 1.54) is 19.3 Å². The highest BCUT2D eigenvalue weighted by Gasteiger charge is 2.22. The lowest BCUT2D eigenvalue weighted by molar-refractivity contribution is 0.481. The third kappa shape index (κ3) is 2.09. The van der Waals surface area contributed by atoms with Crippen LogP contribution in [0.15, 0.2) is 0 Å². The summed E-state index contributed by atoms with van der Waals surface area (Å²) in [6.45, 7) is 3.03. The van der Waals surface area contributed by atoms with Gasteiger partial charge in [-0.2, -0.15) is 0 Å². The summed E-state index contributed by atoms with van der Waals surface area (Å²) in [6.07, 6.45) is 3.99. The van der Waals surface area contributed by atoms with Crippen molar-refractivity contribution >= 4 is 0 Å². The second-order valence-corrected chi connectivity index (χ2v) is 4.00. The smallest absolute Gasteiger partial charge is 0.167 e. The molecule has 1 fully saturated rings. The fraction of sp³-hybridized carbons (Fsp3) is 0.889. The van der Waals surface area contributed by atoms with E-state index in [9.17, 15) is 0 Å². The molecule has 0 saturated heterocycles. The topological polar surface area (TPSA) is 55.6 Å². The van der Waals surface area contributed by atoms with Crippen LogP contribution in [0.4, 0.5) is 0 Å². The number of nitrogens with one attached hydrogen (secondary N) is 1. The number of rotatable bonds is 5. The van der Waals surface area contributed by atoms with Crippen molar-refractivity contribution in [3.8, 4) is 0 Å². The van der Waals surface area contributed by atoms with Crippen LogP contribution in [0.25, 0.3) is 0 Å². The number of aromatic nitrogens is 4. The number of nitrogens with zero attached hydrogens (tertiary/aromatic N) is 4. The van der Waals surface area contributed by atoms with Crippen LogP contribution >= 0.6 is 0 Å². The van der Waals surface area contributed by atoms with E-state index in [0.717, 1.165) is 18.3 Å². The summed E-state index contributed by atoms with van der Waals surface area (Å²) in [5.41, 5.74) is 0. The van der Waals surface area contributed by atoms with Gasteiger partial charge in [0, 0.05) is 6.54 Å². The van der Waals surface area contributed by atoms with E-state index >= 15 is 0 Å². The maximum Gasteiger partial charge on any atom is 0.167 e. The molecule has 1 N–H and O–H groups in total. The van der Waals surface area contributed by atoms with Gasteiger partial charge in [-0.3, -0.25) is 0 Å². The van der Waals surface area contributed by atoms with E-state index in [2.05, 4.69) is 27.8 Å². The highest BCUT2D eigenvalue weighted by molar-refractivity contribution is 4.89. The molecule has 1 unspecified atom stereocenters. The van der Waals surface area contributed by atoms with E-state index < -0.39 is 0 Å². The van der Waals surface area contributed by atoms with Gasteiger partial charge in [0.05, 0.1) is 6.04 Å². The highest BCUT2D eigenvalue weighted by atomic mass is 15.5. The minimum atomic E-state index is 0.226. The Balaban J connectivity index is 1.96. The largest absolute Gasteiger partial charge is 0.311 e. The van der Waals surface area contributed by atoms with Gasteiger partial charge < -0.3 is 5.32 Å². The molecule has 14 heavy (non-hydrogen) atoms. The molecule has 0 bridgehead atoms. The minimum absolute atomic E-state index is 0.226. The minimum Gasteiger partial charge on any atom is -0.311 e. The van der Waals surface area contributed by atoms with Crippen molar-refractivity contribution in [2.45, 2.75) is 38.8 Å². The summed E-state index contributed by atoms with van der Waals surface area (Å²) >= 11 is 0. The SMILES string of the molecule is CNC(C)c1nnnn1CCC1CC1. The van der Waals surface area contributed by atoms with Crippen LogP contribution in [-0.2, 0) is 6.54 Å². The molecule has 1 aliphatic carbocycles. The first-order valence-corrected chi connectivity index (χ1v) is 5.24. The fourth-order valence-electron chi connectivity index (χ4n) is 1.52. The average molecular weight is 195 g/mol. The van der Waals surface area contributed by atoms with Crippen molar-refractivity contribution in [2.24, 2.45) is 5.92 Å². The molecule has 1 aliphatic rings. The van der Waals surface area contributed by atoms with Crippen molar-refractivity contribution < 1.29 is 0 Å². The van der Waals surface area contributed by atoms with Gasteiger partial charge in [-0.15, -0.1) is 5.10 Å². The summed E-state index contributed by atoms with van der Waals surface area (Å²) in [6, 6.07) is 0.226. The molecule has 1 saturated carbocycles. The maximum absolute atomic E-state index is 4.02. The Bertz CT molecular complexity index is 291. The second kappa shape index (κ2) is 4.04. The van der Waals surface area contributed by atoms with Crippen LogP contribution in [0, 0.1) is 5.92 Å². The zero-order valence-corrected chi connectivity index (χ0v) is 8.77. The Kier molecular flexibility index (Phi) is 2.77. The van der Waals surface area contributed by atoms with E-state index in [1.807, 2.05) is 11.7 Å². The van der Waals surface area contributed by atoms with E-state index in [0.29, 0.717) is 0 Å². The lowest BCUT2D eigenvalue weighted by Gasteiger charge is -2.09. The van der Waals surface area contributed by atoms with Crippen LogP contribution in [0.5, 0.6) is 0 Å². The molecule has 0 aliphatic heterocycles.